The Hall–Kier alpha value is -2.31. The van der Waals surface area contributed by atoms with E-state index in [1.54, 1.807) is 6.21 Å². The number of hydrogen-bond donors (Lipinski definition) is 2. The molecule has 4 rings (SSSR count). The molecule has 0 spiro atoms. The smallest absolute Gasteiger partial charge is 0.250 e. The highest BCUT2D eigenvalue weighted by atomic mass is 127. The fourth-order valence-electron chi connectivity index (χ4n) is 2.82. The van der Waals surface area contributed by atoms with Gasteiger partial charge < -0.3 is 15.0 Å². The second kappa shape index (κ2) is 10.1. The first kappa shape index (κ1) is 20.9. The molecule has 0 atom stereocenters. The van der Waals surface area contributed by atoms with Crippen LogP contribution in [0.3, 0.4) is 0 Å². The molecule has 0 radical (unpaired) electrons. The zero-order valence-corrected chi connectivity index (χ0v) is 19.7. The lowest BCUT2D eigenvalue weighted by atomic mass is 10.2. The van der Waals surface area contributed by atoms with E-state index in [1.165, 1.54) is 0 Å². The van der Waals surface area contributed by atoms with Crippen molar-refractivity contribution < 1.29 is 4.74 Å². The first-order valence-corrected chi connectivity index (χ1v) is 11.2. The van der Waals surface area contributed by atoms with Gasteiger partial charge in [0, 0.05) is 26.8 Å². The Bertz CT molecular complexity index is 1040. The van der Waals surface area contributed by atoms with Gasteiger partial charge in [0.1, 0.15) is 0 Å². The van der Waals surface area contributed by atoms with E-state index in [0.29, 0.717) is 31.1 Å². The third-order valence-corrected chi connectivity index (χ3v) is 5.39. The number of ether oxygens (including phenoxy) is 1. The molecule has 2 heterocycles. The van der Waals surface area contributed by atoms with Gasteiger partial charge in [0.25, 0.3) is 0 Å². The summed E-state index contributed by atoms with van der Waals surface area (Å²) in [6, 6.07) is 15.9. The van der Waals surface area contributed by atoms with Gasteiger partial charge in [-0.3, -0.25) is 0 Å². The van der Waals surface area contributed by atoms with E-state index in [-0.39, 0.29) is 0 Å². The van der Waals surface area contributed by atoms with Crippen molar-refractivity contribution in [1.82, 2.24) is 15.0 Å². The molecule has 2 aromatic carbocycles. The first-order valence-electron chi connectivity index (χ1n) is 9.32. The average Bonchev–Trinajstić information content (AvgIpc) is 2.74. The molecule has 1 fully saturated rings. The molecule has 10 heteroatoms. The summed E-state index contributed by atoms with van der Waals surface area (Å²) >= 11 is 5.75. The molecule has 1 aliphatic heterocycles. The second-order valence-electron chi connectivity index (χ2n) is 6.44. The van der Waals surface area contributed by atoms with Crippen LogP contribution in [0.2, 0.25) is 0 Å². The summed E-state index contributed by atoms with van der Waals surface area (Å²) < 4.78 is 7.55. The molecule has 30 heavy (non-hydrogen) atoms. The van der Waals surface area contributed by atoms with E-state index in [4.69, 9.17) is 4.74 Å². The van der Waals surface area contributed by atoms with Crippen LogP contribution in [-0.4, -0.2) is 47.5 Å². The van der Waals surface area contributed by atoms with Crippen LogP contribution < -0.4 is 15.6 Å². The first-order chi connectivity index (χ1) is 14.7. The molecule has 3 aromatic rings. The summed E-state index contributed by atoms with van der Waals surface area (Å²) in [7, 11) is 0. The maximum Gasteiger partial charge on any atom is 0.250 e. The number of rotatable bonds is 6. The van der Waals surface area contributed by atoms with Gasteiger partial charge in [-0.05, 0) is 58.5 Å². The maximum atomic E-state index is 5.44. The van der Waals surface area contributed by atoms with E-state index < -0.39 is 0 Å². The van der Waals surface area contributed by atoms with Crippen molar-refractivity contribution in [3.8, 4) is 0 Å². The van der Waals surface area contributed by atoms with E-state index in [2.05, 4.69) is 74.2 Å². The SMILES string of the molecule is Brc1cccc(Nc2nc(N/N=C\c3cccc(I)c3)nc(N3CCOCC3)n2)c1. The minimum Gasteiger partial charge on any atom is -0.378 e. The molecular weight excluding hydrogens is 561 g/mol. The van der Waals surface area contributed by atoms with Crippen LogP contribution >= 0.6 is 38.5 Å². The lowest BCUT2D eigenvalue weighted by molar-refractivity contribution is 0.122. The van der Waals surface area contributed by atoms with Crippen LogP contribution in [0.5, 0.6) is 0 Å². The van der Waals surface area contributed by atoms with Crippen molar-refractivity contribution in [2.75, 3.05) is 41.9 Å². The van der Waals surface area contributed by atoms with E-state index in [0.717, 1.165) is 32.4 Å². The van der Waals surface area contributed by atoms with E-state index >= 15 is 0 Å². The molecule has 8 nitrogen and oxygen atoms in total. The highest BCUT2D eigenvalue weighted by molar-refractivity contribution is 14.1. The number of nitrogens with zero attached hydrogens (tertiary/aromatic N) is 5. The Morgan fingerprint density at radius 3 is 2.63 bits per heavy atom. The molecule has 1 aromatic heterocycles. The monoisotopic (exact) mass is 579 g/mol. The molecule has 1 saturated heterocycles. The van der Waals surface area contributed by atoms with Gasteiger partial charge in [-0.15, -0.1) is 0 Å². The van der Waals surface area contributed by atoms with Crippen molar-refractivity contribution in [2.45, 2.75) is 0 Å². The van der Waals surface area contributed by atoms with Crippen LogP contribution in [0.25, 0.3) is 0 Å². The number of benzene rings is 2. The lowest BCUT2D eigenvalue weighted by Gasteiger charge is -2.27. The second-order valence-corrected chi connectivity index (χ2v) is 8.60. The summed E-state index contributed by atoms with van der Waals surface area (Å²) in [5.74, 6) is 1.39. The maximum absolute atomic E-state index is 5.44. The number of anilines is 4. The van der Waals surface area contributed by atoms with Crippen molar-refractivity contribution in [3.63, 3.8) is 0 Å². The Kier molecular flexibility index (Phi) is 7.07. The number of hydrogen-bond acceptors (Lipinski definition) is 8. The number of halogens is 2. The van der Waals surface area contributed by atoms with Crippen LogP contribution in [0.4, 0.5) is 23.5 Å². The predicted octanol–water partition coefficient (Wildman–Crippen LogP) is 4.26. The standard InChI is InChI=1S/C20H19BrIN7O/c21-15-4-2-6-17(12-15)24-18-25-19(27-20(26-18)29-7-9-30-10-8-29)28-23-13-14-3-1-5-16(22)11-14/h1-6,11-13H,7-10H2,(H2,24,25,26,27,28)/b23-13-. The molecule has 0 amide bonds. The fourth-order valence-corrected chi connectivity index (χ4v) is 3.79. The van der Waals surface area contributed by atoms with Gasteiger partial charge in [-0.2, -0.15) is 20.1 Å². The molecule has 0 bridgehead atoms. The topological polar surface area (TPSA) is 87.6 Å². The Labute approximate surface area is 196 Å². The van der Waals surface area contributed by atoms with Crippen molar-refractivity contribution in [2.24, 2.45) is 5.10 Å². The van der Waals surface area contributed by atoms with Crippen LogP contribution in [0.15, 0.2) is 58.1 Å². The van der Waals surface area contributed by atoms with Gasteiger partial charge in [0.05, 0.1) is 19.4 Å². The third-order valence-electron chi connectivity index (χ3n) is 4.23. The largest absolute Gasteiger partial charge is 0.378 e. The van der Waals surface area contributed by atoms with Gasteiger partial charge in [0.2, 0.25) is 17.8 Å². The number of hydrazone groups is 1. The lowest BCUT2D eigenvalue weighted by Crippen LogP contribution is -2.37. The van der Waals surface area contributed by atoms with Crippen LogP contribution in [0, 0.1) is 3.57 Å². The van der Waals surface area contributed by atoms with E-state index in [1.807, 2.05) is 48.5 Å². The normalized spacial score (nSPS) is 14.1. The Balaban J connectivity index is 1.57. The summed E-state index contributed by atoms with van der Waals surface area (Å²) in [4.78, 5) is 15.7. The highest BCUT2D eigenvalue weighted by Crippen LogP contribution is 2.21. The minimum atomic E-state index is 0.367. The molecule has 0 aliphatic carbocycles. The minimum absolute atomic E-state index is 0.367. The highest BCUT2D eigenvalue weighted by Gasteiger charge is 2.16. The summed E-state index contributed by atoms with van der Waals surface area (Å²) in [5, 5.41) is 7.53. The molecule has 2 N–H and O–H groups in total. The van der Waals surface area contributed by atoms with Crippen LogP contribution in [-0.2, 0) is 4.74 Å². The van der Waals surface area contributed by atoms with Gasteiger partial charge >= 0.3 is 0 Å². The number of morpholine rings is 1. The summed E-state index contributed by atoms with van der Waals surface area (Å²) in [6.07, 6.45) is 1.74. The molecule has 0 unspecified atom stereocenters. The molecule has 1 aliphatic rings. The zero-order valence-electron chi connectivity index (χ0n) is 15.9. The zero-order chi connectivity index (χ0) is 20.8. The number of aromatic nitrogens is 3. The van der Waals surface area contributed by atoms with Gasteiger partial charge in [0.15, 0.2) is 0 Å². The fraction of sp³-hybridized carbons (Fsp3) is 0.200. The van der Waals surface area contributed by atoms with Gasteiger partial charge in [-0.1, -0.05) is 34.1 Å². The molecular formula is C20H19BrIN7O. The summed E-state index contributed by atoms with van der Waals surface area (Å²) in [5.41, 5.74) is 4.79. The summed E-state index contributed by atoms with van der Waals surface area (Å²) in [6.45, 7) is 2.75. The van der Waals surface area contributed by atoms with Crippen molar-refractivity contribution in [3.05, 3.63) is 62.1 Å². The van der Waals surface area contributed by atoms with Gasteiger partial charge in [-0.25, -0.2) is 5.43 Å². The average molecular weight is 580 g/mol. The Morgan fingerprint density at radius 1 is 1.03 bits per heavy atom. The van der Waals surface area contributed by atoms with Crippen LogP contribution in [0.1, 0.15) is 5.56 Å². The predicted molar refractivity (Wildman–Crippen MR) is 131 cm³/mol. The quantitative estimate of drug-likeness (QED) is 0.256. The molecule has 0 saturated carbocycles. The third kappa shape index (κ3) is 5.86. The van der Waals surface area contributed by atoms with Crippen molar-refractivity contribution in [1.29, 1.82) is 0 Å². The van der Waals surface area contributed by atoms with E-state index in [9.17, 15) is 0 Å². The van der Waals surface area contributed by atoms with Crippen molar-refractivity contribution >= 4 is 68.3 Å². The molecule has 154 valence electrons. The number of nitrogens with one attached hydrogen (secondary N) is 2. The Morgan fingerprint density at radius 2 is 1.83 bits per heavy atom.